The zero-order valence-corrected chi connectivity index (χ0v) is 13.1. The molecule has 0 aliphatic heterocycles. The molecule has 0 saturated carbocycles. The van der Waals surface area contributed by atoms with E-state index in [0.29, 0.717) is 22.8 Å². The standard InChI is InChI=1S/C15H19ClFN3O/c1-10-4-5-11(17)8-12(10)15(21)14-13(16)9-18-20(14)7-6-19(2)3/h4-5,8-9,15,21H,6-7H2,1-3H3. The second-order valence-electron chi connectivity index (χ2n) is 5.31. The Balaban J connectivity index is 2.36. The summed E-state index contributed by atoms with van der Waals surface area (Å²) in [5, 5.41) is 15.2. The lowest BCUT2D eigenvalue weighted by Gasteiger charge is -2.18. The van der Waals surface area contributed by atoms with Crippen molar-refractivity contribution in [1.29, 1.82) is 0 Å². The number of hydrogen-bond donors (Lipinski definition) is 1. The summed E-state index contributed by atoms with van der Waals surface area (Å²) < 4.78 is 15.1. The zero-order chi connectivity index (χ0) is 15.6. The van der Waals surface area contributed by atoms with Crippen LogP contribution >= 0.6 is 11.6 Å². The molecule has 2 rings (SSSR count). The number of halogens is 2. The molecule has 0 aliphatic carbocycles. The molecule has 114 valence electrons. The van der Waals surface area contributed by atoms with Crippen molar-refractivity contribution >= 4 is 11.6 Å². The summed E-state index contributed by atoms with van der Waals surface area (Å²) in [4.78, 5) is 2.01. The second-order valence-corrected chi connectivity index (χ2v) is 5.71. The zero-order valence-electron chi connectivity index (χ0n) is 12.3. The van der Waals surface area contributed by atoms with Crippen molar-refractivity contribution in [2.45, 2.75) is 19.6 Å². The number of aromatic nitrogens is 2. The van der Waals surface area contributed by atoms with Gasteiger partial charge in [0.05, 0.1) is 23.5 Å². The van der Waals surface area contributed by atoms with Crippen LogP contribution in [0.15, 0.2) is 24.4 Å². The fourth-order valence-corrected chi connectivity index (χ4v) is 2.41. The van der Waals surface area contributed by atoms with Crippen LogP contribution in [0.5, 0.6) is 0 Å². The first-order valence-corrected chi connectivity index (χ1v) is 7.08. The average molecular weight is 312 g/mol. The van der Waals surface area contributed by atoms with Crippen LogP contribution < -0.4 is 0 Å². The van der Waals surface area contributed by atoms with Crippen LogP contribution in [0.25, 0.3) is 0 Å². The Labute approximate surface area is 128 Å². The van der Waals surface area contributed by atoms with Gasteiger partial charge in [-0.2, -0.15) is 5.10 Å². The molecular weight excluding hydrogens is 293 g/mol. The Morgan fingerprint density at radius 3 is 2.81 bits per heavy atom. The van der Waals surface area contributed by atoms with Crippen LogP contribution in [-0.2, 0) is 6.54 Å². The summed E-state index contributed by atoms with van der Waals surface area (Å²) in [5.41, 5.74) is 1.80. The van der Waals surface area contributed by atoms with Crippen molar-refractivity contribution in [1.82, 2.24) is 14.7 Å². The van der Waals surface area contributed by atoms with Gasteiger partial charge >= 0.3 is 0 Å². The number of rotatable bonds is 5. The highest BCUT2D eigenvalue weighted by atomic mass is 35.5. The van der Waals surface area contributed by atoms with Gasteiger partial charge in [0.2, 0.25) is 0 Å². The van der Waals surface area contributed by atoms with Gasteiger partial charge in [0, 0.05) is 6.54 Å². The van der Waals surface area contributed by atoms with Gasteiger partial charge in [-0.05, 0) is 44.3 Å². The Morgan fingerprint density at radius 1 is 1.43 bits per heavy atom. The normalized spacial score (nSPS) is 12.9. The van der Waals surface area contributed by atoms with Gasteiger partial charge in [-0.1, -0.05) is 17.7 Å². The molecule has 1 N–H and O–H groups in total. The lowest BCUT2D eigenvalue weighted by molar-refractivity contribution is 0.204. The Morgan fingerprint density at radius 2 is 2.14 bits per heavy atom. The van der Waals surface area contributed by atoms with Gasteiger partial charge in [0.1, 0.15) is 11.9 Å². The van der Waals surface area contributed by atoms with Crippen LogP contribution in [0.4, 0.5) is 4.39 Å². The van der Waals surface area contributed by atoms with Gasteiger partial charge < -0.3 is 10.0 Å². The van der Waals surface area contributed by atoms with Crippen LogP contribution in [0.1, 0.15) is 22.9 Å². The van der Waals surface area contributed by atoms with E-state index in [2.05, 4.69) is 5.10 Å². The van der Waals surface area contributed by atoms with Gasteiger partial charge in [0.15, 0.2) is 0 Å². The van der Waals surface area contributed by atoms with E-state index in [4.69, 9.17) is 11.6 Å². The van der Waals surface area contributed by atoms with E-state index in [1.54, 1.807) is 10.7 Å². The van der Waals surface area contributed by atoms with Gasteiger partial charge in [-0.15, -0.1) is 0 Å². The summed E-state index contributed by atoms with van der Waals surface area (Å²) in [5.74, 6) is -0.384. The van der Waals surface area contributed by atoms with E-state index in [1.807, 2.05) is 25.9 Å². The molecule has 0 amide bonds. The predicted molar refractivity (Wildman–Crippen MR) is 81.0 cm³/mol. The minimum Gasteiger partial charge on any atom is -0.382 e. The van der Waals surface area contributed by atoms with Crippen molar-refractivity contribution in [2.75, 3.05) is 20.6 Å². The summed E-state index contributed by atoms with van der Waals surface area (Å²) in [6.45, 7) is 3.19. The summed E-state index contributed by atoms with van der Waals surface area (Å²) in [7, 11) is 3.91. The third kappa shape index (κ3) is 3.61. The highest BCUT2D eigenvalue weighted by molar-refractivity contribution is 6.31. The Bertz CT molecular complexity index is 627. The number of likely N-dealkylation sites (N-methyl/N-ethyl adjacent to an activating group) is 1. The smallest absolute Gasteiger partial charge is 0.123 e. The highest BCUT2D eigenvalue weighted by Crippen LogP contribution is 2.30. The van der Waals surface area contributed by atoms with Crippen molar-refractivity contribution in [3.63, 3.8) is 0 Å². The largest absolute Gasteiger partial charge is 0.382 e. The van der Waals surface area contributed by atoms with Crippen LogP contribution in [0.3, 0.4) is 0 Å². The molecule has 6 heteroatoms. The first-order valence-electron chi connectivity index (χ1n) is 6.70. The molecule has 1 heterocycles. The maximum absolute atomic E-state index is 13.4. The van der Waals surface area contributed by atoms with Crippen molar-refractivity contribution in [3.8, 4) is 0 Å². The molecular formula is C15H19ClFN3O. The van der Waals surface area contributed by atoms with Crippen molar-refractivity contribution < 1.29 is 9.50 Å². The van der Waals surface area contributed by atoms with Crippen LogP contribution in [-0.4, -0.2) is 40.4 Å². The Kier molecular flexibility index (Phi) is 4.98. The fourth-order valence-electron chi connectivity index (χ4n) is 2.17. The number of nitrogens with zero attached hydrogens (tertiary/aromatic N) is 3. The minimum atomic E-state index is -1.00. The second kappa shape index (κ2) is 6.56. The number of benzene rings is 1. The number of aliphatic hydroxyl groups excluding tert-OH is 1. The quantitative estimate of drug-likeness (QED) is 0.923. The molecule has 1 aromatic heterocycles. The Hall–Kier alpha value is -1.43. The van der Waals surface area contributed by atoms with Gasteiger partial charge in [-0.3, -0.25) is 4.68 Å². The maximum Gasteiger partial charge on any atom is 0.123 e. The lowest BCUT2D eigenvalue weighted by Crippen LogP contribution is -2.21. The topological polar surface area (TPSA) is 41.3 Å². The van der Waals surface area contributed by atoms with E-state index < -0.39 is 6.10 Å². The number of aliphatic hydroxyl groups is 1. The monoisotopic (exact) mass is 311 g/mol. The van der Waals surface area contributed by atoms with E-state index in [0.717, 1.165) is 12.1 Å². The average Bonchev–Trinajstić information content (AvgIpc) is 2.79. The van der Waals surface area contributed by atoms with Crippen molar-refractivity contribution in [3.05, 3.63) is 52.1 Å². The predicted octanol–water partition coefficient (Wildman–Crippen LogP) is 2.63. The first kappa shape index (κ1) is 15.9. The molecule has 1 aromatic carbocycles. The maximum atomic E-state index is 13.4. The summed E-state index contributed by atoms with van der Waals surface area (Å²) in [6, 6.07) is 4.35. The van der Waals surface area contributed by atoms with Gasteiger partial charge in [0.25, 0.3) is 0 Å². The molecule has 0 aliphatic rings. The molecule has 1 atom stereocenters. The van der Waals surface area contributed by atoms with E-state index in [-0.39, 0.29) is 5.82 Å². The third-order valence-electron chi connectivity index (χ3n) is 3.39. The van der Waals surface area contributed by atoms with E-state index in [9.17, 15) is 9.50 Å². The molecule has 4 nitrogen and oxygen atoms in total. The summed E-state index contributed by atoms with van der Waals surface area (Å²) in [6.07, 6.45) is 0.502. The van der Waals surface area contributed by atoms with E-state index >= 15 is 0 Å². The van der Waals surface area contributed by atoms with Crippen molar-refractivity contribution in [2.24, 2.45) is 0 Å². The molecule has 0 radical (unpaired) electrons. The van der Waals surface area contributed by atoms with E-state index in [1.165, 1.54) is 18.3 Å². The van der Waals surface area contributed by atoms with Crippen LogP contribution in [0, 0.1) is 12.7 Å². The van der Waals surface area contributed by atoms with Crippen LogP contribution in [0.2, 0.25) is 5.02 Å². The fraction of sp³-hybridized carbons (Fsp3) is 0.400. The molecule has 1 unspecified atom stereocenters. The molecule has 0 saturated heterocycles. The third-order valence-corrected chi connectivity index (χ3v) is 3.68. The molecule has 2 aromatic rings. The molecule has 0 spiro atoms. The molecule has 0 fully saturated rings. The number of hydrogen-bond acceptors (Lipinski definition) is 3. The SMILES string of the molecule is Cc1ccc(F)cc1C(O)c1c(Cl)cnn1CCN(C)C. The number of aryl methyl sites for hydroxylation is 1. The molecule has 21 heavy (non-hydrogen) atoms. The highest BCUT2D eigenvalue weighted by Gasteiger charge is 2.21. The summed E-state index contributed by atoms with van der Waals surface area (Å²) >= 11 is 6.15. The lowest BCUT2D eigenvalue weighted by atomic mass is 10.0. The minimum absolute atomic E-state index is 0.380. The first-order chi connectivity index (χ1) is 9.90. The van der Waals surface area contributed by atoms with Gasteiger partial charge in [-0.25, -0.2) is 4.39 Å². The molecule has 0 bridgehead atoms.